The van der Waals surface area contributed by atoms with Crippen molar-refractivity contribution in [3.63, 3.8) is 0 Å². The number of nitrogens with zero attached hydrogens (tertiary/aromatic N) is 1. The Morgan fingerprint density at radius 1 is 1.32 bits per heavy atom. The second kappa shape index (κ2) is 6.43. The third-order valence-corrected chi connectivity index (χ3v) is 2.82. The van der Waals surface area contributed by atoms with Gasteiger partial charge in [-0.1, -0.05) is 12.1 Å². The lowest BCUT2D eigenvalue weighted by Gasteiger charge is -2.26. The summed E-state index contributed by atoms with van der Waals surface area (Å²) in [5, 5.41) is 14.6. The van der Waals surface area contributed by atoms with Crippen LogP contribution in [0.15, 0.2) is 24.3 Å². The molecule has 3 N–H and O–H groups in total. The average Bonchev–Trinajstić information content (AvgIpc) is 2.28. The van der Waals surface area contributed by atoms with Crippen LogP contribution in [0.1, 0.15) is 20.3 Å². The Bertz CT molecular complexity index is 430. The zero-order chi connectivity index (χ0) is 14.5. The van der Waals surface area contributed by atoms with Gasteiger partial charge in [0.1, 0.15) is 0 Å². The highest BCUT2D eigenvalue weighted by molar-refractivity contribution is 5.93. The van der Waals surface area contributed by atoms with Gasteiger partial charge in [0.15, 0.2) is 0 Å². The quantitative estimate of drug-likeness (QED) is 0.763. The number of carbonyl (C=O) groups is 1. The molecule has 5 heteroatoms. The predicted octanol–water partition coefficient (Wildman–Crippen LogP) is 2.04. The molecule has 19 heavy (non-hydrogen) atoms. The molecule has 0 atom stereocenters. The first-order chi connectivity index (χ1) is 8.85. The number of hydrogen-bond acceptors (Lipinski definition) is 3. The summed E-state index contributed by atoms with van der Waals surface area (Å²) in [6, 6.07) is 7.32. The Morgan fingerprint density at radius 3 is 2.53 bits per heavy atom. The van der Waals surface area contributed by atoms with Crippen LogP contribution in [0.3, 0.4) is 0 Å². The zero-order valence-electron chi connectivity index (χ0n) is 12.0. The van der Waals surface area contributed by atoms with Gasteiger partial charge in [-0.3, -0.25) is 0 Å². The Balaban J connectivity index is 2.72. The average molecular weight is 265 g/mol. The second-order valence-corrected chi connectivity index (χ2v) is 5.35. The van der Waals surface area contributed by atoms with Crippen molar-refractivity contribution in [1.29, 1.82) is 0 Å². The molecule has 0 spiro atoms. The molecule has 0 heterocycles. The number of aliphatic hydroxyl groups excluding tert-OH is 1. The minimum absolute atomic E-state index is 0.0432. The van der Waals surface area contributed by atoms with Gasteiger partial charge in [-0.25, -0.2) is 4.79 Å². The summed E-state index contributed by atoms with van der Waals surface area (Å²) >= 11 is 0. The van der Waals surface area contributed by atoms with Gasteiger partial charge in [0.2, 0.25) is 0 Å². The molecule has 5 nitrogen and oxygen atoms in total. The van der Waals surface area contributed by atoms with Crippen LogP contribution < -0.4 is 15.5 Å². The van der Waals surface area contributed by atoms with Crippen LogP contribution in [0.25, 0.3) is 0 Å². The Labute approximate surface area is 114 Å². The molecule has 0 aromatic heterocycles. The molecule has 0 aliphatic rings. The van der Waals surface area contributed by atoms with Crippen molar-refractivity contribution in [3.8, 4) is 0 Å². The number of hydrogen-bond donors (Lipinski definition) is 3. The number of anilines is 2. The number of carbonyl (C=O) groups excluding carboxylic acids is 1. The maximum Gasteiger partial charge on any atom is 0.319 e. The Kier molecular flexibility index (Phi) is 5.18. The molecular formula is C14H23N3O2. The highest BCUT2D eigenvalue weighted by Crippen LogP contribution is 2.23. The normalized spacial score (nSPS) is 11.0. The maximum atomic E-state index is 12.0. The van der Waals surface area contributed by atoms with Gasteiger partial charge < -0.3 is 20.6 Å². The van der Waals surface area contributed by atoms with E-state index in [2.05, 4.69) is 10.6 Å². The van der Waals surface area contributed by atoms with E-state index in [1.807, 2.05) is 57.1 Å². The van der Waals surface area contributed by atoms with E-state index >= 15 is 0 Å². The van der Waals surface area contributed by atoms with Crippen molar-refractivity contribution in [2.24, 2.45) is 0 Å². The maximum absolute atomic E-state index is 12.0. The second-order valence-electron chi connectivity index (χ2n) is 5.35. The van der Waals surface area contributed by atoms with Gasteiger partial charge in [-0.05, 0) is 32.4 Å². The molecule has 0 aliphatic heterocycles. The van der Waals surface area contributed by atoms with E-state index in [9.17, 15) is 4.79 Å². The lowest BCUT2D eigenvalue weighted by Crippen LogP contribution is -2.46. The van der Waals surface area contributed by atoms with Crippen molar-refractivity contribution >= 4 is 17.4 Å². The SMILES string of the molecule is CN(C)c1ccccc1NC(=O)NC(C)(C)CCO. The molecule has 0 fully saturated rings. The van der Waals surface area contributed by atoms with Crippen LogP contribution in [-0.2, 0) is 0 Å². The van der Waals surface area contributed by atoms with Crippen molar-refractivity contribution in [1.82, 2.24) is 5.32 Å². The number of para-hydroxylation sites is 2. The monoisotopic (exact) mass is 265 g/mol. The first-order valence-corrected chi connectivity index (χ1v) is 6.32. The van der Waals surface area contributed by atoms with Gasteiger partial charge in [0, 0.05) is 26.2 Å². The molecule has 0 saturated heterocycles. The molecule has 0 aliphatic carbocycles. The molecule has 0 unspecified atom stereocenters. The fourth-order valence-electron chi connectivity index (χ4n) is 1.77. The van der Waals surface area contributed by atoms with Crippen LogP contribution in [0.5, 0.6) is 0 Å². The standard InChI is InChI=1S/C14H23N3O2/c1-14(2,9-10-18)16-13(19)15-11-7-5-6-8-12(11)17(3)4/h5-8,18H,9-10H2,1-4H3,(H2,15,16,19). The smallest absolute Gasteiger partial charge is 0.319 e. The van der Waals surface area contributed by atoms with E-state index in [-0.39, 0.29) is 12.6 Å². The van der Waals surface area contributed by atoms with E-state index in [1.54, 1.807) is 0 Å². The molecular weight excluding hydrogens is 242 g/mol. The fraction of sp³-hybridized carbons (Fsp3) is 0.500. The van der Waals surface area contributed by atoms with E-state index < -0.39 is 5.54 Å². The summed E-state index contributed by atoms with van der Waals surface area (Å²) in [6.45, 7) is 3.79. The van der Waals surface area contributed by atoms with Gasteiger partial charge in [0.25, 0.3) is 0 Å². The largest absolute Gasteiger partial charge is 0.396 e. The third-order valence-electron chi connectivity index (χ3n) is 2.82. The summed E-state index contributed by atoms with van der Waals surface area (Å²) in [5.41, 5.74) is 1.26. The van der Waals surface area contributed by atoms with Gasteiger partial charge in [-0.15, -0.1) is 0 Å². The molecule has 1 aromatic rings. The molecule has 0 radical (unpaired) electrons. The van der Waals surface area contributed by atoms with Crippen molar-refractivity contribution in [2.75, 3.05) is 30.9 Å². The first-order valence-electron chi connectivity index (χ1n) is 6.32. The van der Waals surface area contributed by atoms with E-state index in [1.165, 1.54) is 0 Å². The number of rotatable bonds is 5. The summed E-state index contributed by atoms with van der Waals surface area (Å²) in [6.07, 6.45) is 0.510. The Hall–Kier alpha value is -1.75. The highest BCUT2D eigenvalue weighted by Gasteiger charge is 2.20. The van der Waals surface area contributed by atoms with Crippen molar-refractivity contribution in [2.45, 2.75) is 25.8 Å². The molecule has 0 saturated carbocycles. The van der Waals surface area contributed by atoms with E-state index in [4.69, 9.17) is 5.11 Å². The molecule has 2 amide bonds. The van der Waals surface area contributed by atoms with E-state index in [0.717, 1.165) is 11.4 Å². The highest BCUT2D eigenvalue weighted by atomic mass is 16.3. The third kappa shape index (κ3) is 4.79. The predicted molar refractivity (Wildman–Crippen MR) is 78.7 cm³/mol. The summed E-state index contributed by atoms with van der Waals surface area (Å²) in [4.78, 5) is 13.9. The Morgan fingerprint density at radius 2 is 1.95 bits per heavy atom. The lowest BCUT2D eigenvalue weighted by atomic mass is 10.0. The molecule has 1 aromatic carbocycles. The number of urea groups is 1. The molecule has 0 bridgehead atoms. The summed E-state index contributed by atoms with van der Waals surface area (Å²) in [5.74, 6) is 0. The van der Waals surface area contributed by atoms with Crippen LogP contribution in [0, 0.1) is 0 Å². The fourth-order valence-corrected chi connectivity index (χ4v) is 1.77. The minimum Gasteiger partial charge on any atom is -0.396 e. The van der Waals surface area contributed by atoms with Gasteiger partial charge >= 0.3 is 6.03 Å². The minimum atomic E-state index is -0.439. The summed E-state index contributed by atoms with van der Waals surface area (Å²) < 4.78 is 0. The lowest BCUT2D eigenvalue weighted by molar-refractivity contribution is 0.218. The van der Waals surface area contributed by atoms with Crippen molar-refractivity contribution < 1.29 is 9.90 Å². The van der Waals surface area contributed by atoms with Gasteiger partial charge in [0.05, 0.1) is 11.4 Å². The van der Waals surface area contributed by atoms with Crippen LogP contribution >= 0.6 is 0 Å². The van der Waals surface area contributed by atoms with Crippen LogP contribution in [0.2, 0.25) is 0 Å². The first kappa shape index (κ1) is 15.3. The topological polar surface area (TPSA) is 64.6 Å². The van der Waals surface area contributed by atoms with E-state index in [0.29, 0.717) is 6.42 Å². The van der Waals surface area contributed by atoms with Crippen LogP contribution in [0.4, 0.5) is 16.2 Å². The number of aliphatic hydroxyl groups is 1. The van der Waals surface area contributed by atoms with Crippen molar-refractivity contribution in [3.05, 3.63) is 24.3 Å². The molecule has 1 rings (SSSR count). The number of benzene rings is 1. The van der Waals surface area contributed by atoms with Crippen LogP contribution in [-0.4, -0.2) is 37.4 Å². The number of nitrogens with one attached hydrogen (secondary N) is 2. The molecule has 106 valence electrons. The summed E-state index contributed by atoms with van der Waals surface area (Å²) in [7, 11) is 3.85. The zero-order valence-corrected chi connectivity index (χ0v) is 12.0. The number of amides is 2. The van der Waals surface area contributed by atoms with Gasteiger partial charge in [-0.2, -0.15) is 0 Å².